The number of carbonyl (C=O) groups is 1. The third-order valence-corrected chi connectivity index (χ3v) is 8.48. The molecule has 2 saturated heterocycles. The molecule has 4 heterocycles. The van der Waals surface area contributed by atoms with Crippen LogP contribution in [0.1, 0.15) is 19.3 Å². The Bertz CT molecular complexity index is 1110. The van der Waals surface area contributed by atoms with Crippen molar-refractivity contribution in [2.24, 2.45) is 5.92 Å². The standard InChI is InChI=1S/C23H29N5O5S/c29-22(26-11-13-27(14-12-26)23-24-7-1-8-25-23)18-5-9-28(10-6-18)34(30,31)19-3-4-20-21(17-19)33-16-2-15-32-20/h1,3-4,7-8,17-18H,2,5-6,9-16H2. The lowest BCUT2D eigenvalue weighted by Gasteiger charge is -2.38. The number of hydrogen-bond acceptors (Lipinski definition) is 8. The summed E-state index contributed by atoms with van der Waals surface area (Å²) in [5.41, 5.74) is 0. The molecule has 3 aliphatic rings. The minimum Gasteiger partial charge on any atom is -0.490 e. The molecule has 34 heavy (non-hydrogen) atoms. The Hall–Kier alpha value is -2.92. The van der Waals surface area contributed by atoms with Gasteiger partial charge in [-0.3, -0.25) is 4.79 Å². The highest BCUT2D eigenvalue weighted by molar-refractivity contribution is 7.89. The summed E-state index contributed by atoms with van der Waals surface area (Å²) in [5.74, 6) is 1.67. The van der Waals surface area contributed by atoms with Crippen LogP contribution in [0.15, 0.2) is 41.6 Å². The van der Waals surface area contributed by atoms with E-state index in [9.17, 15) is 13.2 Å². The topological polar surface area (TPSA) is 105 Å². The Morgan fingerprint density at radius 3 is 2.29 bits per heavy atom. The van der Waals surface area contributed by atoms with Gasteiger partial charge in [0.1, 0.15) is 0 Å². The zero-order valence-electron chi connectivity index (χ0n) is 19.0. The van der Waals surface area contributed by atoms with Crippen LogP contribution in [-0.2, 0) is 14.8 Å². The van der Waals surface area contributed by atoms with Gasteiger partial charge in [0.15, 0.2) is 11.5 Å². The third kappa shape index (κ3) is 4.67. The van der Waals surface area contributed by atoms with E-state index in [1.807, 2.05) is 4.90 Å². The van der Waals surface area contributed by atoms with E-state index in [1.165, 1.54) is 4.31 Å². The second-order valence-corrected chi connectivity index (χ2v) is 10.6. The number of benzene rings is 1. The van der Waals surface area contributed by atoms with E-state index in [0.717, 1.165) is 6.42 Å². The molecule has 1 amide bonds. The number of aromatic nitrogens is 2. The van der Waals surface area contributed by atoms with Crippen molar-refractivity contribution in [1.29, 1.82) is 0 Å². The Morgan fingerprint density at radius 1 is 0.912 bits per heavy atom. The monoisotopic (exact) mass is 487 g/mol. The van der Waals surface area contributed by atoms with Crippen LogP contribution in [0.4, 0.5) is 5.95 Å². The maximum absolute atomic E-state index is 13.2. The molecule has 182 valence electrons. The van der Waals surface area contributed by atoms with Gasteiger partial charge in [-0.15, -0.1) is 0 Å². The Labute approximate surface area is 199 Å². The van der Waals surface area contributed by atoms with E-state index in [0.29, 0.717) is 82.8 Å². The number of anilines is 1. The van der Waals surface area contributed by atoms with Crippen molar-refractivity contribution in [3.63, 3.8) is 0 Å². The van der Waals surface area contributed by atoms with Gasteiger partial charge >= 0.3 is 0 Å². The molecule has 2 fully saturated rings. The van der Waals surface area contributed by atoms with Crippen LogP contribution in [0.2, 0.25) is 0 Å². The first-order valence-electron chi connectivity index (χ1n) is 11.7. The van der Waals surface area contributed by atoms with Crippen molar-refractivity contribution in [3.05, 3.63) is 36.7 Å². The van der Waals surface area contributed by atoms with Crippen LogP contribution in [0.25, 0.3) is 0 Å². The van der Waals surface area contributed by atoms with Crippen LogP contribution >= 0.6 is 0 Å². The fourth-order valence-electron chi connectivity index (χ4n) is 4.64. The smallest absolute Gasteiger partial charge is 0.243 e. The van der Waals surface area contributed by atoms with Gasteiger partial charge in [-0.2, -0.15) is 4.31 Å². The molecule has 10 nitrogen and oxygen atoms in total. The van der Waals surface area contributed by atoms with Gasteiger partial charge in [0.2, 0.25) is 21.9 Å². The predicted molar refractivity (Wildman–Crippen MR) is 124 cm³/mol. The predicted octanol–water partition coefficient (Wildman–Crippen LogP) is 1.39. The summed E-state index contributed by atoms with van der Waals surface area (Å²) in [6.45, 7) is 4.31. The van der Waals surface area contributed by atoms with Crippen LogP contribution in [0, 0.1) is 5.92 Å². The SMILES string of the molecule is O=C(C1CCN(S(=O)(=O)c2ccc3c(c2)OCCCO3)CC1)N1CCN(c2ncccn2)CC1. The first-order chi connectivity index (χ1) is 16.5. The molecule has 0 radical (unpaired) electrons. The minimum absolute atomic E-state index is 0.112. The largest absolute Gasteiger partial charge is 0.490 e. The van der Waals surface area contributed by atoms with Crippen LogP contribution in [0.3, 0.4) is 0 Å². The van der Waals surface area contributed by atoms with E-state index < -0.39 is 10.0 Å². The fourth-order valence-corrected chi connectivity index (χ4v) is 6.12. The zero-order valence-corrected chi connectivity index (χ0v) is 19.8. The number of piperidine rings is 1. The van der Waals surface area contributed by atoms with Gasteiger partial charge in [-0.25, -0.2) is 18.4 Å². The zero-order chi connectivity index (χ0) is 23.5. The maximum atomic E-state index is 13.2. The van der Waals surface area contributed by atoms with Crippen molar-refractivity contribution >= 4 is 21.9 Å². The lowest BCUT2D eigenvalue weighted by atomic mass is 9.96. The van der Waals surface area contributed by atoms with Gasteiger partial charge in [0, 0.05) is 70.1 Å². The molecule has 0 atom stereocenters. The quantitative estimate of drug-likeness (QED) is 0.637. The molecule has 0 aliphatic carbocycles. The molecule has 0 saturated carbocycles. The van der Waals surface area contributed by atoms with Crippen LogP contribution in [0.5, 0.6) is 11.5 Å². The first-order valence-corrected chi connectivity index (χ1v) is 13.2. The van der Waals surface area contributed by atoms with Gasteiger partial charge in [-0.1, -0.05) is 0 Å². The molecule has 11 heteroatoms. The van der Waals surface area contributed by atoms with E-state index in [2.05, 4.69) is 14.9 Å². The van der Waals surface area contributed by atoms with Gasteiger partial charge in [0.25, 0.3) is 0 Å². The number of amides is 1. The number of piperazine rings is 1. The highest BCUT2D eigenvalue weighted by Gasteiger charge is 2.35. The van der Waals surface area contributed by atoms with Crippen molar-refractivity contribution in [2.75, 3.05) is 57.4 Å². The first kappa shape index (κ1) is 22.9. The van der Waals surface area contributed by atoms with E-state index in [4.69, 9.17) is 9.47 Å². The normalized spacial score (nSPS) is 20.1. The van der Waals surface area contributed by atoms with Crippen molar-refractivity contribution in [1.82, 2.24) is 19.2 Å². The van der Waals surface area contributed by atoms with Crippen LogP contribution < -0.4 is 14.4 Å². The molecule has 3 aliphatic heterocycles. The lowest BCUT2D eigenvalue weighted by Crippen LogP contribution is -2.52. The van der Waals surface area contributed by atoms with Gasteiger partial charge in [0.05, 0.1) is 18.1 Å². The van der Waals surface area contributed by atoms with Crippen molar-refractivity contribution < 1.29 is 22.7 Å². The second-order valence-electron chi connectivity index (χ2n) is 8.70. The number of rotatable bonds is 4. The Kier molecular flexibility index (Phi) is 6.55. The van der Waals surface area contributed by atoms with E-state index in [1.54, 1.807) is 36.7 Å². The molecule has 0 bridgehead atoms. The number of fused-ring (bicyclic) bond motifs is 1. The molecule has 0 spiro atoms. The summed E-state index contributed by atoms with van der Waals surface area (Å²) in [7, 11) is -3.67. The number of hydrogen-bond donors (Lipinski definition) is 0. The summed E-state index contributed by atoms with van der Waals surface area (Å²) < 4.78 is 39.2. The molecular formula is C23H29N5O5S. The lowest BCUT2D eigenvalue weighted by molar-refractivity contribution is -0.137. The number of ether oxygens (including phenoxy) is 2. The molecule has 1 aromatic heterocycles. The molecule has 5 rings (SSSR count). The summed E-state index contributed by atoms with van der Waals surface area (Å²) in [4.78, 5) is 25.8. The van der Waals surface area contributed by atoms with Crippen molar-refractivity contribution in [2.45, 2.75) is 24.2 Å². The average molecular weight is 488 g/mol. The third-order valence-electron chi connectivity index (χ3n) is 6.59. The Balaban J connectivity index is 1.17. The number of nitrogens with zero attached hydrogens (tertiary/aromatic N) is 5. The molecule has 1 aromatic carbocycles. The molecule has 0 N–H and O–H groups in total. The highest BCUT2D eigenvalue weighted by Crippen LogP contribution is 2.34. The van der Waals surface area contributed by atoms with E-state index >= 15 is 0 Å². The van der Waals surface area contributed by atoms with Crippen molar-refractivity contribution in [3.8, 4) is 11.5 Å². The minimum atomic E-state index is -3.67. The Morgan fingerprint density at radius 2 is 1.59 bits per heavy atom. The molecular weight excluding hydrogens is 458 g/mol. The fraction of sp³-hybridized carbons (Fsp3) is 0.522. The molecule has 2 aromatic rings. The maximum Gasteiger partial charge on any atom is 0.243 e. The van der Waals surface area contributed by atoms with Crippen LogP contribution in [-0.4, -0.2) is 86.0 Å². The average Bonchev–Trinajstić information content (AvgIpc) is 3.14. The summed E-state index contributed by atoms with van der Waals surface area (Å²) in [6, 6.07) is 6.55. The summed E-state index contributed by atoms with van der Waals surface area (Å²) in [6.07, 6.45) is 5.23. The van der Waals surface area contributed by atoms with Gasteiger partial charge in [-0.05, 0) is 31.0 Å². The molecule has 0 unspecified atom stereocenters. The van der Waals surface area contributed by atoms with E-state index in [-0.39, 0.29) is 16.7 Å². The summed E-state index contributed by atoms with van der Waals surface area (Å²) >= 11 is 0. The number of carbonyl (C=O) groups excluding carboxylic acids is 1. The summed E-state index contributed by atoms with van der Waals surface area (Å²) in [5, 5.41) is 0. The van der Waals surface area contributed by atoms with Gasteiger partial charge < -0.3 is 19.3 Å². The highest BCUT2D eigenvalue weighted by atomic mass is 32.2. The second kappa shape index (κ2) is 9.75. The number of sulfonamides is 1.